The zero-order valence-electron chi connectivity index (χ0n) is 11.3. The molecule has 0 bridgehead atoms. The van der Waals surface area contributed by atoms with Crippen LogP contribution in [0.15, 0.2) is 53.4 Å². The molecule has 0 aliphatic rings. The van der Waals surface area contributed by atoms with Gasteiger partial charge in [0.2, 0.25) is 0 Å². The predicted octanol–water partition coefficient (Wildman–Crippen LogP) is 3.32. The van der Waals surface area contributed by atoms with Gasteiger partial charge in [0.15, 0.2) is 9.84 Å². The topological polar surface area (TPSA) is 34.1 Å². The third kappa shape index (κ3) is 3.44. The Morgan fingerprint density at radius 3 is 2.26 bits per heavy atom. The molecule has 2 nitrogen and oxygen atoms in total. The maximum atomic E-state index is 12.3. The third-order valence-corrected chi connectivity index (χ3v) is 5.04. The van der Waals surface area contributed by atoms with Crippen LogP contribution >= 0.6 is 0 Å². The maximum Gasteiger partial charge on any atom is 0.178 e. The van der Waals surface area contributed by atoms with E-state index in [2.05, 4.69) is 0 Å². The van der Waals surface area contributed by atoms with Gasteiger partial charge in [0, 0.05) is 0 Å². The van der Waals surface area contributed by atoms with E-state index < -0.39 is 9.84 Å². The Labute approximate surface area is 115 Å². The summed E-state index contributed by atoms with van der Waals surface area (Å²) in [7, 11) is -3.21. The van der Waals surface area contributed by atoms with Gasteiger partial charge in [-0.05, 0) is 37.5 Å². The summed E-state index contributed by atoms with van der Waals surface area (Å²) in [5, 5.41) is 0. The van der Waals surface area contributed by atoms with Crippen LogP contribution in [0.1, 0.15) is 16.7 Å². The van der Waals surface area contributed by atoms with Gasteiger partial charge >= 0.3 is 0 Å². The molecule has 0 saturated heterocycles. The average Bonchev–Trinajstić information content (AvgIpc) is 2.37. The fourth-order valence-electron chi connectivity index (χ4n) is 2.16. The van der Waals surface area contributed by atoms with E-state index in [0.717, 1.165) is 16.7 Å². The van der Waals surface area contributed by atoms with Crippen molar-refractivity contribution in [3.8, 4) is 0 Å². The Kier molecular flexibility index (Phi) is 4.05. The van der Waals surface area contributed by atoms with Crippen LogP contribution in [0.2, 0.25) is 0 Å². The largest absolute Gasteiger partial charge is 0.224 e. The molecule has 3 heteroatoms. The quantitative estimate of drug-likeness (QED) is 0.857. The lowest BCUT2D eigenvalue weighted by atomic mass is 10.2. The van der Waals surface area contributed by atoms with E-state index >= 15 is 0 Å². The van der Waals surface area contributed by atoms with Crippen LogP contribution in [0, 0.1) is 13.8 Å². The SMILES string of the molecule is Cc1ccc(S(=O)(=O)CCc2ccccc2)c(C)c1. The molecule has 2 rings (SSSR count). The van der Waals surface area contributed by atoms with Crippen molar-refractivity contribution in [1.29, 1.82) is 0 Å². The minimum atomic E-state index is -3.21. The summed E-state index contributed by atoms with van der Waals surface area (Å²) in [4.78, 5) is 0.453. The molecule has 0 unspecified atom stereocenters. The number of hydrogen-bond acceptors (Lipinski definition) is 2. The van der Waals surface area contributed by atoms with E-state index in [4.69, 9.17) is 0 Å². The summed E-state index contributed by atoms with van der Waals surface area (Å²) < 4.78 is 24.7. The van der Waals surface area contributed by atoms with Crippen LogP contribution in [0.4, 0.5) is 0 Å². The van der Waals surface area contributed by atoms with Crippen molar-refractivity contribution in [2.24, 2.45) is 0 Å². The van der Waals surface area contributed by atoms with Crippen molar-refractivity contribution in [3.05, 3.63) is 65.2 Å². The van der Waals surface area contributed by atoms with E-state index in [-0.39, 0.29) is 5.75 Å². The van der Waals surface area contributed by atoms with Crippen LogP contribution < -0.4 is 0 Å². The number of sulfone groups is 1. The third-order valence-electron chi connectivity index (χ3n) is 3.17. The molecule has 0 N–H and O–H groups in total. The van der Waals surface area contributed by atoms with Crippen LogP contribution in [0.25, 0.3) is 0 Å². The lowest BCUT2D eigenvalue weighted by Gasteiger charge is -2.08. The normalized spacial score (nSPS) is 11.5. The Morgan fingerprint density at radius 2 is 1.63 bits per heavy atom. The van der Waals surface area contributed by atoms with Gasteiger partial charge in [-0.3, -0.25) is 0 Å². The van der Waals surface area contributed by atoms with E-state index in [0.29, 0.717) is 11.3 Å². The molecule has 0 atom stereocenters. The molecule has 0 aromatic heterocycles. The molecule has 0 radical (unpaired) electrons. The van der Waals surface area contributed by atoms with Crippen molar-refractivity contribution in [2.45, 2.75) is 25.2 Å². The standard InChI is InChI=1S/C16H18O2S/c1-13-8-9-16(14(2)12-13)19(17,18)11-10-15-6-4-3-5-7-15/h3-9,12H,10-11H2,1-2H3. The molecule has 19 heavy (non-hydrogen) atoms. The highest BCUT2D eigenvalue weighted by Crippen LogP contribution is 2.18. The Balaban J connectivity index is 2.19. The number of aryl methyl sites for hydroxylation is 3. The minimum Gasteiger partial charge on any atom is -0.224 e. The second kappa shape index (κ2) is 5.57. The Morgan fingerprint density at radius 1 is 0.947 bits per heavy atom. The fraction of sp³-hybridized carbons (Fsp3) is 0.250. The minimum absolute atomic E-state index is 0.154. The van der Waals surface area contributed by atoms with Gasteiger partial charge in [-0.1, -0.05) is 48.0 Å². The smallest absolute Gasteiger partial charge is 0.178 e. The summed E-state index contributed by atoms with van der Waals surface area (Å²) >= 11 is 0. The molecule has 0 aliphatic heterocycles. The summed E-state index contributed by atoms with van der Waals surface area (Å²) in [5.41, 5.74) is 2.96. The lowest BCUT2D eigenvalue weighted by Crippen LogP contribution is -2.10. The van der Waals surface area contributed by atoms with Crippen molar-refractivity contribution in [2.75, 3.05) is 5.75 Å². The highest BCUT2D eigenvalue weighted by Gasteiger charge is 2.16. The zero-order valence-corrected chi connectivity index (χ0v) is 12.1. The molecule has 0 fully saturated rings. The number of benzene rings is 2. The van der Waals surface area contributed by atoms with Gasteiger partial charge in [0.25, 0.3) is 0 Å². The second-order valence-corrected chi connectivity index (χ2v) is 6.90. The predicted molar refractivity (Wildman–Crippen MR) is 78.1 cm³/mol. The first-order valence-corrected chi connectivity index (χ1v) is 7.98. The van der Waals surface area contributed by atoms with Gasteiger partial charge in [-0.15, -0.1) is 0 Å². The first-order valence-electron chi connectivity index (χ1n) is 6.33. The molecule has 0 spiro atoms. The first-order chi connectivity index (χ1) is 8.99. The van der Waals surface area contributed by atoms with Crippen molar-refractivity contribution >= 4 is 9.84 Å². The van der Waals surface area contributed by atoms with E-state index in [1.165, 1.54) is 0 Å². The van der Waals surface area contributed by atoms with E-state index in [9.17, 15) is 8.42 Å². The Hall–Kier alpha value is -1.61. The molecule has 0 aliphatic carbocycles. The average molecular weight is 274 g/mol. The molecular weight excluding hydrogens is 256 g/mol. The van der Waals surface area contributed by atoms with Crippen LogP contribution in [0.5, 0.6) is 0 Å². The van der Waals surface area contributed by atoms with Gasteiger partial charge in [0.05, 0.1) is 10.6 Å². The molecule has 0 saturated carbocycles. The maximum absolute atomic E-state index is 12.3. The Bertz CT molecular complexity index is 658. The lowest BCUT2D eigenvalue weighted by molar-refractivity contribution is 0.594. The van der Waals surface area contributed by atoms with Gasteiger partial charge in [0.1, 0.15) is 0 Å². The number of rotatable bonds is 4. The van der Waals surface area contributed by atoms with Crippen LogP contribution in [-0.4, -0.2) is 14.2 Å². The van der Waals surface area contributed by atoms with E-state index in [1.54, 1.807) is 6.07 Å². The summed E-state index contributed by atoms with van der Waals surface area (Å²) in [5.74, 6) is 0.154. The fourth-order valence-corrected chi connectivity index (χ4v) is 3.70. The van der Waals surface area contributed by atoms with Crippen LogP contribution in [-0.2, 0) is 16.3 Å². The molecule has 0 amide bonds. The molecule has 2 aromatic carbocycles. The molecule has 0 heterocycles. The highest BCUT2D eigenvalue weighted by atomic mass is 32.2. The van der Waals surface area contributed by atoms with E-state index in [1.807, 2.05) is 56.3 Å². The van der Waals surface area contributed by atoms with Gasteiger partial charge < -0.3 is 0 Å². The van der Waals surface area contributed by atoms with Crippen molar-refractivity contribution in [3.63, 3.8) is 0 Å². The zero-order chi connectivity index (χ0) is 13.9. The summed E-state index contributed by atoms with van der Waals surface area (Å²) in [6.45, 7) is 3.82. The molecule has 2 aromatic rings. The number of hydrogen-bond donors (Lipinski definition) is 0. The highest BCUT2D eigenvalue weighted by molar-refractivity contribution is 7.91. The summed E-state index contributed by atoms with van der Waals surface area (Å²) in [6, 6.07) is 15.2. The van der Waals surface area contributed by atoms with Gasteiger partial charge in [-0.25, -0.2) is 8.42 Å². The van der Waals surface area contributed by atoms with Crippen molar-refractivity contribution < 1.29 is 8.42 Å². The first kappa shape index (κ1) is 13.8. The van der Waals surface area contributed by atoms with Crippen LogP contribution in [0.3, 0.4) is 0 Å². The molecule has 100 valence electrons. The monoisotopic (exact) mass is 274 g/mol. The molecular formula is C16H18O2S. The second-order valence-electron chi connectivity index (χ2n) is 4.82. The summed E-state index contributed by atoms with van der Waals surface area (Å²) in [6.07, 6.45) is 0.552. The van der Waals surface area contributed by atoms with Crippen molar-refractivity contribution in [1.82, 2.24) is 0 Å². The van der Waals surface area contributed by atoms with Gasteiger partial charge in [-0.2, -0.15) is 0 Å².